The van der Waals surface area contributed by atoms with Crippen LogP contribution in [0.5, 0.6) is 0 Å². The maximum atomic E-state index is 6.18. The van der Waals surface area contributed by atoms with Gasteiger partial charge in [-0.2, -0.15) is 0 Å². The molecule has 0 aromatic carbocycles. The molecule has 4 nitrogen and oxygen atoms in total. The molecule has 5 heteroatoms. The van der Waals surface area contributed by atoms with Crippen molar-refractivity contribution in [3.05, 3.63) is 41.1 Å². The monoisotopic (exact) mass is 264 g/mol. The van der Waals surface area contributed by atoms with Gasteiger partial charge in [0.25, 0.3) is 0 Å². The van der Waals surface area contributed by atoms with Crippen molar-refractivity contribution < 1.29 is 0 Å². The van der Waals surface area contributed by atoms with Crippen LogP contribution in [-0.4, -0.2) is 21.1 Å². The third-order valence-corrected chi connectivity index (χ3v) is 3.06. The van der Waals surface area contributed by atoms with Crippen molar-refractivity contribution in [3.63, 3.8) is 0 Å². The first-order valence-corrected chi connectivity index (χ1v) is 6.51. The molecule has 0 radical (unpaired) electrons. The Morgan fingerprint density at radius 1 is 1.33 bits per heavy atom. The average Bonchev–Trinajstić information content (AvgIpc) is 2.81. The van der Waals surface area contributed by atoms with Gasteiger partial charge in [-0.1, -0.05) is 18.5 Å². The van der Waals surface area contributed by atoms with Crippen molar-refractivity contribution in [1.29, 1.82) is 0 Å². The quantitative estimate of drug-likeness (QED) is 0.903. The van der Waals surface area contributed by atoms with Gasteiger partial charge in [0, 0.05) is 25.4 Å². The minimum atomic E-state index is 0.654. The number of hydrogen-bond donors (Lipinski definition) is 1. The standard InChI is InChI=1S/C13H17ClN4/c1-3-13-16-7-8-18(13)9-11-10(14)5-6-12(17-11)15-4-2/h5-8H,3-4,9H2,1-2H3,(H,15,17). The van der Waals surface area contributed by atoms with Crippen LogP contribution in [0.4, 0.5) is 5.82 Å². The van der Waals surface area contributed by atoms with Gasteiger partial charge >= 0.3 is 0 Å². The first kappa shape index (κ1) is 12.9. The van der Waals surface area contributed by atoms with Crippen molar-refractivity contribution in [2.75, 3.05) is 11.9 Å². The zero-order valence-electron chi connectivity index (χ0n) is 10.7. The summed E-state index contributed by atoms with van der Waals surface area (Å²) in [6.07, 6.45) is 4.66. The summed E-state index contributed by atoms with van der Waals surface area (Å²) in [7, 11) is 0. The largest absolute Gasteiger partial charge is 0.370 e. The molecule has 0 spiro atoms. The lowest BCUT2D eigenvalue weighted by Gasteiger charge is -2.10. The maximum Gasteiger partial charge on any atom is 0.126 e. The van der Waals surface area contributed by atoms with E-state index in [0.717, 1.165) is 30.3 Å². The molecular formula is C13H17ClN4. The molecule has 0 fully saturated rings. The fourth-order valence-electron chi connectivity index (χ4n) is 1.83. The van der Waals surface area contributed by atoms with Crippen molar-refractivity contribution in [2.45, 2.75) is 26.8 Å². The van der Waals surface area contributed by atoms with E-state index in [1.165, 1.54) is 0 Å². The molecule has 2 aromatic rings. The molecule has 0 aliphatic rings. The number of anilines is 1. The number of aryl methyl sites for hydroxylation is 1. The predicted molar refractivity (Wildman–Crippen MR) is 74.1 cm³/mol. The molecule has 18 heavy (non-hydrogen) atoms. The average molecular weight is 265 g/mol. The van der Waals surface area contributed by atoms with E-state index in [4.69, 9.17) is 11.6 Å². The Morgan fingerprint density at radius 3 is 2.89 bits per heavy atom. The molecule has 0 unspecified atom stereocenters. The molecule has 2 heterocycles. The van der Waals surface area contributed by atoms with E-state index in [-0.39, 0.29) is 0 Å². The number of imidazole rings is 1. The van der Waals surface area contributed by atoms with Gasteiger partial charge in [0.15, 0.2) is 0 Å². The lowest BCUT2D eigenvalue weighted by molar-refractivity contribution is 0.717. The molecule has 0 bridgehead atoms. The number of rotatable bonds is 5. The number of halogens is 1. The Kier molecular flexibility index (Phi) is 4.20. The second-order valence-corrected chi connectivity index (χ2v) is 4.39. The van der Waals surface area contributed by atoms with Crippen molar-refractivity contribution >= 4 is 17.4 Å². The summed E-state index contributed by atoms with van der Waals surface area (Å²) in [4.78, 5) is 8.82. The third-order valence-electron chi connectivity index (χ3n) is 2.71. The van der Waals surface area contributed by atoms with Crippen LogP contribution in [0.1, 0.15) is 25.4 Å². The summed E-state index contributed by atoms with van der Waals surface area (Å²) in [5, 5.41) is 3.88. The van der Waals surface area contributed by atoms with Crippen LogP contribution < -0.4 is 5.32 Å². The molecule has 0 amide bonds. The van der Waals surface area contributed by atoms with Crippen LogP contribution in [0.25, 0.3) is 0 Å². The van der Waals surface area contributed by atoms with Gasteiger partial charge in [0.1, 0.15) is 11.6 Å². The fourth-order valence-corrected chi connectivity index (χ4v) is 2.00. The van der Waals surface area contributed by atoms with E-state index in [1.807, 2.05) is 25.3 Å². The molecule has 0 atom stereocenters. The van der Waals surface area contributed by atoms with E-state index >= 15 is 0 Å². The first-order valence-electron chi connectivity index (χ1n) is 6.13. The number of hydrogen-bond acceptors (Lipinski definition) is 3. The van der Waals surface area contributed by atoms with Crippen molar-refractivity contribution in [1.82, 2.24) is 14.5 Å². The number of nitrogens with one attached hydrogen (secondary N) is 1. The highest BCUT2D eigenvalue weighted by molar-refractivity contribution is 6.31. The van der Waals surface area contributed by atoms with Gasteiger partial charge in [-0.15, -0.1) is 0 Å². The molecule has 0 saturated carbocycles. The highest BCUT2D eigenvalue weighted by Crippen LogP contribution is 2.18. The summed E-state index contributed by atoms with van der Waals surface area (Å²) >= 11 is 6.18. The van der Waals surface area contributed by atoms with Gasteiger partial charge in [0.05, 0.1) is 17.3 Å². The molecule has 0 aliphatic heterocycles. The molecule has 1 N–H and O–H groups in total. The highest BCUT2D eigenvalue weighted by Gasteiger charge is 2.07. The molecule has 0 saturated heterocycles. The van der Waals surface area contributed by atoms with Crippen LogP contribution in [-0.2, 0) is 13.0 Å². The van der Waals surface area contributed by atoms with Crippen molar-refractivity contribution in [3.8, 4) is 0 Å². The van der Waals surface area contributed by atoms with E-state index in [0.29, 0.717) is 11.6 Å². The summed E-state index contributed by atoms with van der Waals surface area (Å²) in [6.45, 7) is 5.63. The number of pyridine rings is 1. The smallest absolute Gasteiger partial charge is 0.126 e. The van der Waals surface area contributed by atoms with E-state index in [1.54, 1.807) is 6.20 Å². The van der Waals surface area contributed by atoms with Crippen molar-refractivity contribution in [2.24, 2.45) is 0 Å². The first-order chi connectivity index (χ1) is 8.74. The Bertz CT molecular complexity index is 521. The Labute approximate surface area is 112 Å². The van der Waals surface area contributed by atoms with Crippen LogP contribution in [0.2, 0.25) is 5.02 Å². The molecule has 0 aliphatic carbocycles. The van der Waals surface area contributed by atoms with Crippen LogP contribution in [0, 0.1) is 0 Å². The lowest BCUT2D eigenvalue weighted by Crippen LogP contribution is -2.07. The number of nitrogens with zero attached hydrogens (tertiary/aromatic N) is 3. The maximum absolute atomic E-state index is 6.18. The van der Waals surface area contributed by atoms with Gasteiger partial charge < -0.3 is 9.88 Å². The topological polar surface area (TPSA) is 42.7 Å². The van der Waals surface area contributed by atoms with E-state index in [2.05, 4.69) is 26.8 Å². The van der Waals surface area contributed by atoms with Gasteiger partial charge in [0.2, 0.25) is 0 Å². The summed E-state index contributed by atoms with van der Waals surface area (Å²) in [6, 6.07) is 3.77. The van der Waals surface area contributed by atoms with E-state index in [9.17, 15) is 0 Å². The van der Waals surface area contributed by atoms with Crippen LogP contribution >= 0.6 is 11.6 Å². The SMILES string of the molecule is CCNc1ccc(Cl)c(Cn2ccnc2CC)n1. The summed E-state index contributed by atoms with van der Waals surface area (Å²) < 4.78 is 2.07. The van der Waals surface area contributed by atoms with Gasteiger partial charge in [-0.05, 0) is 19.1 Å². The molecule has 2 aromatic heterocycles. The third kappa shape index (κ3) is 2.82. The highest BCUT2D eigenvalue weighted by atomic mass is 35.5. The minimum Gasteiger partial charge on any atom is -0.370 e. The molecule has 2 rings (SSSR count). The minimum absolute atomic E-state index is 0.654. The van der Waals surface area contributed by atoms with Crippen LogP contribution in [0.15, 0.2) is 24.5 Å². The molecular weight excluding hydrogens is 248 g/mol. The van der Waals surface area contributed by atoms with Crippen LogP contribution in [0.3, 0.4) is 0 Å². The second-order valence-electron chi connectivity index (χ2n) is 3.98. The summed E-state index contributed by atoms with van der Waals surface area (Å²) in [5.41, 5.74) is 0.864. The Morgan fingerprint density at radius 2 is 2.17 bits per heavy atom. The van der Waals surface area contributed by atoms with E-state index < -0.39 is 0 Å². The van der Waals surface area contributed by atoms with Gasteiger partial charge in [-0.25, -0.2) is 9.97 Å². The zero-order valence-corrected chi connectivity index (χ0v) is 11.4. The Hall–Kier alpha value is -1.55. The second kappa shape index (κ2) is 5.87. The number of aromatic nitrogens is 3. The molecule has 96 valence electrons. The zero-order chi connectivity index (χ0) is 13.0. The normalized spacial score (nSPS) is 10.6. The Balaban J connectivity index is 2.25. The predicted octanol–water partition coefficient (Wildman–Crippen LogP) is 2.97. The summed E-state index contributed by atoms with van der Waals surface area (Å²) in [5.74, 6) is 1.90. The van der Waals surface area contributed by atoms with Gasteiger partial charge in [-0.3, -0.25) is 0 Å². The lowest BCUT2D eigenvalue weighted by atomic mass is 10.3. The fraction of sp³-hybridized carbons (Fsp3) is 0.385.